The second kappa shape index (κ2) is 10.7. The van der Waals surface area contributed by atoms with Gasteiger partial charge in [0.25, 0.3) is 5.69 Å². The van der Waals surface area contributed by atoms with E-state index in [1.54, 1.807) is 18.2 Å². The van der Waals surface area contributed by atoms with Gasteiger partial charge in [-0.05, 0) is 37.5 Å². The molecule has 0 amide bonds. The number of ether oxygens (including phenoxy) is 2. The third kappa shape index (κ3) is 7.16. The van der Waals surface area contributed by atoms with Gasteiger partial charge in [-0.15, -0.1) is 0 Å². The second-order valence-electron chi connectivity index (χ2n) is 5.47. The van der Waals surface area contributed by atoms with Crippen molar-refractivity contribution >= 4 is 17.5 Å². The number of hydrogen-bond donors (Lipinski definition) is 1. The molecule has 0 fully saturated rings. The molecule has 0 aliphatic heterocycles. The summed E-state index contributed by atoms with van der Waals surface area (Å²) < 4.78 is 10.4. The quantitative estimate of drug-likeness (QED) is 0.284. The zero-order chi connectivity index (χ0) is 18.6. The van der Waals surface area contributed by atoms with Crippen LogP contribution in [0.5, 0.6) is 5.75 Å². The molecule has 0 bridgehead atoms. The molecule has 1 N–H and O–H groups in total. The minimum atomic E-state index is -0.483. The second-order valence-corrected chi connectivity index (χ2v) is 5.47. The van der Waals surface area contributed by atoms with E-state index >= 15 is 0 Å². The third-order valence-electron chi connectivity index (χ3n) is 3.45. The number of carbonyl (C=O) groups is 1. The van der Waals surface area contributed by atoms with Crippen molar-refractivity contribution in [1.82, 2.24) is 4.98 Å². The molecule has 1 aromatic heterocycles. The Balaban J connectivity index is 1.48. The number of para-hydroxylation sites is 1. The smallest absolute Gasteiger partial charge is 0.344 e. The highest BCUT2D eigenvalue weighted by molar-refractivity contribution is 5.71. The summed E-state index contributed by atoms with van der Waals surface area (Å²) >= 11 is 0. The molecule has 0 saturated heterocycles. The number of benzene rings is 1. The van der Waals surface area contributed by atoms with Crippen LogP contribution in [-0.4, -0.2) is 35.6 Å². The van der Waals surface area contributed by atoms with Gasteiger partial charge in [0.1, 0.15) is 17.8 Å². The molecule has 0 unspecified atom stereocenters. The first-order valence-corrected chi connectivity index (χ1v) is 8.33. The van der Waals surface area contributed by atoms with Crippen LogP contribution in [0.2, 0.25) is 0 Å². The first-order valence-electron chi connectivity index (χ1n) is 8.33. The van der Waals surface area contributed by atoms with Gasteiger partial charge in [0.15, 0.2) is 6.61 Å². The summed E-state index contributed by atoms with van der Waals surface area (Å²) in [7, 11) is 0. The fraction of sp³-hybridized carbons (Fsp3) is 0.333. The van der Waals surface area contributed by atoms with Crippen molar-refractivity contribution in [2.75, 3.05) is 25.1 Å². The number of hydrogen-bond acceptors (Lipinski definition) is 7. The predicted molar refractivity (Wildman–Crippen MR) is 96.1 cm³/mol. The van der Waals surface area contributed by atoms with Crippen LogP contribution in [0.1, 0.15) is 19.3 Å². The van der Waals surface area contributed by atoms with Crippen LogP contribution in [0.25, 0.3) is 0 Å². The Morgan fingerprint density at radius 1 is 1.12 bits per heavy atom. The largest absolute Gasteiger partial charge is 0.482 e. The maximum absolute atomic E-state index is 11.5. The normalized spacial score (nSPS) is 10.2. The topological polar surface area (TPSA) is 104 Å². The van der Waals surface area contributed by atoms with Gasteiger partial charge in [0.2, 0.25) is 0 Å². The number of esters is 1. The van der Waals surface area contributed by atoms with Gasteiger partial charge < -0.3 is 14.8 Å². The van der Waals surface area contributed by atoms with Gasteiger partial charge in [-0.25, -0.2) is 9.78 Å². The lowest BCUT2D eigenvalue weighted by atomic mass is 10.2. The highest BCUT2D eigenvalue weighted by Gasteiger charge is 2.05. The first-order chi connectivity index (χ1) is 12.6. The molecular formula is C18H21N3O5. The van der Waals surface area contributed by atoms with Crippen LogP contribution in [0.3, 0.4) is 0 Å². The van der Waals surface area contributed by atoms with Crippen LogP contribution < -0.4 is 10.1 Å². The Morgan fingerprint density at radius 2 is 1.92 bits per heavy atom. The molecule has 26 heavy (non-hydrogen) atoms. The summed E-state index contributed by atoms with van der Waals surface area (Å²) in [5, 5.41) is 13.6. The first kappa shape index (κ1) is 19.2. The van der Waals surface area contributed by atoms with Crippen molar-refractivity contribution in [3.8, 4) is 5.75 Å². The molecule has 0 aliphatic rings. The fourth-order valence-corrected chi connectivity index (χ4v) is 2.11. The van der Waals surface area contributed by atoms with Gasteiger partial charge in [0, 0.05) is 12.6 Å². The highest BCUT2D eigenvalue weighted by atomic mass is 16.6. The van der Waals surface area contributed by atoms with Crippen molar-refractivity contribution in [3.63, 3.8) is 0 Å². The van der Waals surface area contributed by atoms with E-state index in [2.05, 4.69) is 10.3 Å². The third-order valence-corrected chi connectivity index (χ3v) is 3.45. The summed E-state index contributed by atoms with van der Waals surface area (Å²) in [6.45, 7) is 0.944. The van der Waals surface area contributed by atoms with E-state index in [0.717, 1.165) is 19.3 Å². The minimum absolute atomic E-state index is 0.0337. The Hall–Kier alpha value is -3.16. The average molecular weight is 359 g/mol. The van der Waals surface area contributed by atoms with Crippen LogP contribution in [0.4, 0.5) is 11.5 Å². The molecule has 0 radical (unpaired) electrons. The number of nitrogens with one attached hydrogen (secondary N) is 1. The average Bonchev–Trinajstić information content (AvgIpc) is 2.67. The number of rotatable bonds is 11. The van der Waals surface area contributed by atoms with E-state index < -0.39 is 4.92 Å². The molecule has 1 heterocycles. The van der Waals surface area contributed by atoms with E-state index in [1.807, 2.05) is 18.2 Å². The molecule has 2 aromatic rings. The monoisotopic (exact) mass is 359 g/mol. The summed E-state index contributed by atoms with van der Waals surface area (Å²) in [5.41, 5.74) is -0.0337. The molecule has 1 aromatic carbocycles. The van der Waals surface area contributed by atoms with E-state index in [9.17, 15) is 14.9 Å². The fourth-order valence-electron chi connectivity index (χ4n) is 2.11. The highest BCUT2D eigenvalue weighted by Crippen LogP contribution is 2.12. The number of anilines is 1. The standard InChI is InChI=1S/C18H21N3O5/c22-18(14-26-16-7-3-1-4-8-16)25-12-6-2-5-11-19-17-10-9-15(13-20-17)21(23)24/h1,3-4,7-10,13H,2,5-6,11-12,14H2,(H,19,20). The molecule has 0 aliphatic carbocycles. The van der Waals surface area contributed by atoms with Gasteiger partial charge in [-0.3, -0.25) is 10.1 Å². The Labute approximate surface area is 151 Å². The van der Waals surface area contributed by atoms with E-state index in [-0.39, 0.29) is 18.3 Å². The number of nitro groups is 1. The van der Waals surface area contributed by atoms with Crippen LogP contribution in [0, 0.1) is 10.1 Å². The van der Waals surface area contributed by atoms with Crippen molar-refractivity contribution in [1.29, 1.82) is 0 Å². The maximum atomic E-state index is 11.5. The Bertz CT molecular complexity index is 692. The molecule has 0 spiro atoms. The Morgan fingerprint density at radius 3 is 2.62 bits per heavy atom. The SMILES string of the molecule is O=C(COc1ccccc1)OCCCCCNc1ccc([N+](=O)[O-])cn1. The van der Waals surface area contributed by atoms with Crippen molar-refractivity contribution < 1.29 is 19.2 Å². The van der Waals surface area contributed by atoms with Gasteiger partial charge in [-0.1, -0.05) is 18.2 Å². The van der Waals surface area contributed by atoms with E-state index in [0.29, 0.717) is 24.7 Å². The lowest BCUT2D eigenvalue weighted by molar-refractivity contribution is -0.385. The lowest BCUT2D eigenvalue weighted by Crippen LogP contribution is -2.15. The van der Waals surface area contributed by atoms with Gasteiger partial charge in [-0.2, -0.15) is 0 Å². The van der Waals surface area contributed by atoms with Crippen molar-refractivity contribution in [3.05, 3.63) is 58.8 Å². The molecule has 0 atom stereocenters. The molecule has 138 valence electrons. The van der Waals surface area contributed by atoms with Gasteiger partial charge in [0.05, 0.1) is 11.5 Å². The van der Waals surface area contributed by atoms with E-state index in [4.69, 9.17) is 9.47 Å². The van der Waals surface area contributed by atoms with Gasteiger partial charge >= 0.3 is 5.97 Å². The zero-order valence-electron chi connectivity index (χ0n) is 14.3. The number of aromatic nitrogens is 1. The number of carbonyl (C=O) groups excluding carboxylic acids is 1. The number of unbranched alkanes of at least 4 members (excludes halogenated alkanes) is 2. The number of nitrogens with zero attached hydrogens (tertiary/aromatic N) is 2. The summed E-state index contributed by atoms with van der Waals surface area (Å²) in [5.74, 6) is 0.845. The van der Waals surface area contributed by atoms with Crippen LogP contribution >= 0.6 is 0 Å². The van der Waals surface area contributed by atoms with E-state index in [1.165, 1.54) is 12.3 Å². The number of pyridine rings is 1. The van der Waals surface area contributed by atoms with Crippen molar-refractivity contribution in [2.45, 2.75) is 19.3 Å². The molecular weight excluding hydrogens is 338 g/mol. The molecule has 8 heteroatoms. The molecule has 0 saturated carbocycles. The lowest BCUT2D eigenvalue weighted by Gasteiger charge is -2.07. The van der Waals surface area contributed by atoms with Crippen LogP contribution in [0.15, 0.2) is 48.7 Å². The summed E-state index contributed by atoms with van der Waals surface area (Å²) in [6.07, 6.45) is 3.73. The predicted octanol–water partition coefficient (Wildman–Crippen LogP) is 3.19. The minimum Gasteiger partial charge on any atom is -0.482 e. The summed E-state index contributed by atoms with van der Waals surface area (Å²) in [6, 6.07) is 12.1. The van der Waals surface area contributed by atoms with Crippen molar-refractivity contribution in [2.24, 2.45) is 0 Å². The zero-order valence-corrected chi connectivity index (χ0v) is 14.3. The maximum Gasteiger partial charge on any atom is 0.344 e. The summed E-state index contributed by atoms with van der Waals surface area (Å²) in [4.78, 5) is 25.6. The van der Waals surface area contributed by atoms with Crippen LogP contribution in [-0.2, 0) is 9.53 Å². The Kier molecular flexibility index (Phi) is 7.85. The molecule has 8 nitrogen and oxygen atoms in total. The molecule has 2 rings (SSSR count).